The van der Waals surface area contributed by atoms with Gasteiger partial charge < -0.3 is 15.4 Å². The molecule has 2 aromatic heterocycles. The highest BCUT2D eigenvalue weighted by Gasteiger charge is 2.31. The summed E-state index contributed by atoms with van der Waals surface area (Å²) in [5.74, 6) is 1.74. The minimum atomic E-state index is -0.173. The van der Waals surface area contributed by atoms with Gasteiger partial charge in [0.2, 0.25) is 0 Å². The zero-order valence-electron chi connectivity index (χ0n) is 17.9. The standard InChI is InChI=1S/C26H26N4O/c1-26(2)16-19-7-3-10-23(25(19)31-26)30-24-12-11-20-21(8-4-9-22(20)29-24)28-15-13-18-6-5-14-27-17-18/h3-12,14,17,28H,13,15-16H2,1-2H3,(H,29,30). The van der Waals surface area contributed by atoms with Crippen LogP contribution in [0, 0.1) is 0 Å². The summed E-state index contributed by atoms with van der Waals surface area (Å²) in [6.45, 7) is 5.08. The molecule has 0 spiro atoms. The van der Waals surface area contributed by atoms with Gasteiger partial charge in [-0.2, -0.15) is 0 Å². The van der Waals surface area contributed by atoms with E-state index in [2.05, 4.69) is 59.8 Å². The number of rotatable bonds is 6. The highest BCUT2D eigenvalue weighted by atomic mass is 16.5. The molecular weight excluding hydrogens is 384 g/mol. The molecule has 5 nitrogen and oxygen atoms in total. The summed E-state index contributed by atoms with van der Waals surface area (Å²) in [6, 6.07) is 20.6. The first-order chi connectivity index (χ1) is 15.1. The van der Waals surface area contributed by atoms with Gasteiger partial charge in [-0.15, -0.1) is 0 Å². The Kier molecular flexibility index (Phi) is 4.94. The number of aromatic nitrogens is 2. The van der Waals surface area contributed by atoms with Crippen LogP contribution in [-0.2, 0) is 12.8 Å². The number of hydrogen-bond acceptors (Lipinski definition) is 5. The lowest BCUT2D eigenvalue weighted by Gasteiger charge is -2.18. The molecule has 0 bridgehead atoms. The largest absolute Gasteiger partial charge is 0.485 e. The summed E-state index contributed by atoms with van der Waals surface area (Å²) in [5, 5.41) is 8.10. The van der Waals surface area contributed by atoms with Crippen molar-refractivity contribution in [1.82, 2.24) is 9.97 Å². The molecule has 31 heavy (non-hydrogen) atoms. The molecule has 1 aliphatic rings. The molecule has 156 valence electrons. The smallest absolute Gasteiger partial charge is 0.146 e. The number of pyridine rings is 2. The van der Waals surface area contributed by atoms with Crippen LogP contribution in [0.15, 0.2) is 73.1 Å². The van der Waals surface area contributed by atoms with Crippen molar-refractivity contribution in [2.75, 3.05) is 17.2 Å². The van der Waals surface area contributed by atoms with Crippen LogP contribution in [0.25, 0.3) is 10.9 Å². The molecule has 3 heterocycles. The van der Waals surface area contributed by atoms with E-state index in [4.69, 9.17) is 9.72 Å². The quantitative estimate of drug-likeness (QED) is 0.424. The fraction of sp³-hybridized carbons (Fsp3) is 0.231. The summed E-state index contributed by atoms with van der Waals surface area (Å²) in [6.07, 6.45) is 5.55. The van der Waals surface area contributed by atoms with Gasteiger partial charge in [-0.25, -0.2) is 4.98 Å². The molecular formula is C26H26N4O. The molecule has 2 N–H and O–H groups in total. The Morgan fingerprint density at radius 2 is 1.84 bits per heavy atom. The zero-order chi connectivity index (χ0) is 21.3. The third kappa shape index (κ3) is 4.17. The number of fused-ring (bicyclic) bond motifs is 2. The maximum Gasteiger partial charge on any atom is 0.146 e. The number of nitrogens with one attached hydrogen (secondary N) is 2. The average Bonchev–Trinajstić information content (AvgIpc) is 3.09. The van der Waals surface area contributed by atoms with Gasteiger partial charge in [0.25, 0.3) is 0 Å². The van der Waals surface area contributed by atoms with E-state index in [0.717, 1.165) is 53.2 Å². The van der Waals surface area contributed by atoms with Gasteiger partial charge in [0.1, 0.15) is 17.2 Å². The van der Waals surface area contributed by atoms with Gasteiger partial charge >= 0.3 is 0 Å². The molecule has 0 aliphatic carbocycles. The predicted molar refractivity (Wildman–Crippen MR) is 126 cm³/mol. The molecule has 1 aliphatic heterocycles. The summed E-state index contributed by atoms with van der Waals surface area (Å²) in [5.41, 5.74) is 5.28. The van der Waals surface area contributed by atoms with Crippen LogP contribution in [0.3, 0.4) is 0 Å². The molecule has 0 fully saturated rings. The van der Waals surface area contributed by atoms with E-state index in [9.17, 15) is 0 Å². The fourth-order valence-electron chi connectivity index (χ4n) is 4.12. The van der Waals surface area contributed by atoms with Gasteiger partial charge in [-0.05, 0) is 62.2 Å². The Hall–Kier alpha value is -3.60. The third-order valence-electron chi connectivity index (χ3n) is 5.54. The highest BCUT2D eigenvalue weighted by Crippen LogP contribution is 2.41. The van der Waals surface area contributed by atoms with Crippen LogP contribution >= 0.6 is 0 Å². The Morgan fingerprint density at radius 1 is 0.968 bits per heavy atom. The number of benzene rings is 2. The fourth-order valence-corrected chi connectivity index (χ4v) is 4.12. The molecule has 0 radical (unpaired) electrons. The normalized spacial score (nSPS) is 14.1. The predicted octanol–water partition coefficient (Wildman–Crippen LogP) is 5.74. The number of anilines is 3. The van der Waals surface area contributed by atoms with E-state index in [1.54, 1.807) is 6.20 Å². The van der Waals surface area contributed by atoms with Crippen LogP contribution in [0.5, 0.6) is 5.75 Å². The molecule has 0 saturated heterocycles. The first kappa shape index (κ1) is 19.4. The van der Waals surface area contributed by atoms with Crippen molar-refractivity contribution in [2.45, 2.75) is 32.3 Å². The minimum Gasteiger partial charge on any atom is -0.485 e. The lowest BCUT2D eigenvalue weighted by molar-refractivity contribution is 0.139. The molecule has 0 atom stereocenters. The van der Waals surface area contributed by atoms with Crippen molar-refractivity contribution in [3.63, 3.8) is 0 Å². The number of ether oxygens (including phenoxy) is 1. The van der Waals surface area contributed by atoms with Gasteiger partial charge in [-0.1, -0.05) is 24.3 Å². The van der Waals surface area contributed by atoms with Crippen LogP contribution in [0.2, 0.25) is 0 Å². The van der Waals surface area contributed by atoms with Crippen molar-refractivity contribution in [3.8, 4) is 5.75 Å². The second kappa shape index (κ2) is 7.91. The summed E-state index contributed by atoms with van der Waals surface area (Å²) < 4.78 is 6.18. The number of hydrogen-bond donors (Lipinski definition) is 2. The molecule has 0 amide bonds. The van der Waals surface area contributed by atoms with Crippen molar-refractivity contribution in [1.29, 1.82) is 0 Å². The Bertz CT molecular complexity index is 1220. The van der Waals surface area contributed by atoms with E-state index >= 15 is 0 Å². The van der Waals surface area contributed by atoms with Crippen LogP contribution in [-0.4, -0.2) is 22.1 Å². The first-order valence-electron chi connectivity index (χ1n) is 10.7. The lowest BCUT2D eigenvalue weighted by Crippen LogP contribution is -2.24. The minimum absolute atomic E-state index is 0.173. The molecule has 5 heteroatoms. The molecule has 2 aromatic carbocycles. The van der Waals surface area contributed by atoms with Gasteiger partial charge in [0, 0.05) is 42.0 Å². The van der Waals surface area contributed by atoms with E-state index in [1.807, 2.05) is 36.5 Å². The van der Waals surface area contributed by atoms with Crippen molar-refractivity contribution >= 4 is 28.1 Å². The van der Waals surface area contributed by atoms with E-state index in [1.165, 1.54) is 11.1 Å². The zero-order valence-corrected chi connectivity index (χ0v) is 17.9. The van der Waals surface area contributed by atoms with Gasteiger partial charge in [-0.3, -0.25) is 4.98 Å². The summed E-state index contributed by atoms with van der Waals surface area (Å²) in [7, 11) is 0. The topological polar surface area (TPSA) is 59.1 Å². The Labute approximate surface area is 182 Å². The lowest BCUT2D eigenvalue weighted by atomic mass is 10.0. The summed E-state index contributed by atoms with van der Waals surface area (Å²) in [4.78, 5) is 9.02. The second-order valence-corrected chi connectivity index (χ2v) is 8.56. The molecule has 5 rings (SSSR count). The van der Waals surface area contributed by atoms with E-state index in [-0.39, 0.29) is 5.60 Å². The van der Waals surface area contributed by atoms with Crippen LogP contribution in [0.4, 0.5) is 17.2 Å². The molecule has 0 unspecified atom stereocenters. The Morgan fingerprint density at radius 3 is 2.71 bits per heavy atom. The maximum atomic E-state index is 6.18. The van der Waals surface area contributed by atoms with E-state index < -0.39 is 0 Å². The summed E-state index contributed by atoms with van der Waals surface area (Å²) >= 11 is 0. The molecule has 0 saturated carbocycles. The average molecular weight is 411 g/mol. The highest BCUT2D eigenvalue weighted by molar-refractivity contribution is 5.92. The van der Waals surface area contributed by atoms with Crippen LogP contribution in [0.1, 0.15) is 25.0 Å². The maximum absolute atomic E-state index is 6.18. The van der Waals surface area contributed by atoms with Gasteiger partial charge in [0.05, 0.1) is 11.2 Å². The third-order valence-corrected chi connectivity index (χ3v) is 5.54. The monoisotopic (exact) mass is 410 g/mol. The van der Waals surface area contributed by atoms with Gasteiger partial charge in [0.15, 0.2) is 0 Å². The first-order valence-corrected chi connectivity index (χ1v) is 10.7. The second-order valence-electron chi connectivity index (χ2n) is 8.56. The molecule has 4 aromatic rings. The van der Waals surface area contributed by atoms with Crippen molar-refractivity contribution < 1.29 is 4.74 Å². The Balaban J connectivity index is 1.34. The van der Waals surface area contributed by atoms with Crippen LogP contribution < -0.4 is 15.4 Å². The number of nitrogens with zero attached hydrogens (tertiary/aromatic N) is 2. The van der Waals surface area contributed by atoms with Crippen molar-refractivity contribution in [2.24, 2.45) is 0 Å². The van der Waals surface area contributed by atoms with E-state index in [0.29, 0.717) is 0 Å². The number of para-hydroxylation sites is 1. The van der Waals surface area contributed by atoms with Crippen molar-refractivity contribution in [3.05, 3.63) is 84.2 Å². The SMILES string of the molecule is CC1(C)Cc2cccc(Nc3ccc4c(NCCc5cccnc5)cccc4n3)c2O1.